The molecule has 2 nitrogen and oxygen atoms in total. The van der Waals surface area contributed by atoms with Crippen LogP contribution in [0.25, 0.3) is 0 Å². The van der Waals surface area contributed by atoms with Gasteiger partial charge in [0.25, 0.3) is 0 Å². The van der Waals surface area contributed by atoms with Crippen LogP contribution < -0.4 is 0 Å². The maximum Gasteiger partial charge on any atom is 0.223 e. The van der Waals surface area contributed by atoms with Crippen LogP contribution in [0.1, 0.15) is 32.1 Å². The standard InChI is InChI=1S/C10H12BrClN2S/c11-8-6-13-10(12)14-9(8)15-7-4-2-1-3-5-7/h6-7H,1-5H2. The van der Waals surface area contributed by atoms with Gasteiger partial charge in [0.15, 0.2) is 0 Å². The summed E-state index contributed by atoms with van der Waals surface area (Å²) >= 11 is 11.1. The minimum atomic E-state index is 0.330. The fourth-order valence-electron chi connectivity index (χ4n) is 1.75. The zero-order valence-electron chi connectivity index (χ0n) is 8.25. The van der Waals surface area contributed by atoms with Crippen LogP contribution in [-0.4, -0.2) is 15.2 Å². The molecule has 0 unspecified atom stereocenters. The highest BCUT2D eigenvalue weighted by atomic mass is 79.9. The van der Waals surface area contributed by atoms with Crippen molar-refractivity contribution in [2.75, 3.05) is 0 Å². The van der Waals surface area contributed by atoms with Gasteiger partial charge in [-0.05, 0) is 40.4 Å². The van der Waals surface area contributed by atoms with Crippen LogP contribution in [-0.2, 0) is 0 Å². The van der Waals surface area contributed by atoms with Crippen molar-refractivity contribution >= 4 is 39.3 Å². The molecule has 2 rings (SSSR count). The first kappa shape index (κ1) is 11.7. The maximum absolute atomic E-state index is 5.78. The van der Waals surface area contributed by atoms with Gasteiger partial charge in [0.05, 0.1) is 4.47 Å². The Morgan fingerprint density at radius 1 is 1.33 bits per heavy atom. The van der Waals surface area contributed by atoms with Crippen LogP contribution in [0, 0.1) is 0 Å². The first-order chi connectivity index (χ1) is 7.25. The lowest BCUT2D eigenvalue weighted by atomic mass is 10.0. The molecule has 82 valence electrons. The van der Waals surface area contributed by atoms with Crippen molar-refractivity contribution in [1.82, 2.24) is 9.97 Å². The summed E-state index contributed by atoms with van der Waals surface area (Å²) in [5.74, 6) is 0. The van der Waals surface area contributed by atoms with Crippen LogP contribution in [0.3, 0.4) is 0 Å². The van der Waals surface area contributed by atoms with E-state index in [1.165, 1.54) is 32.1 Å². The molecule has 1 aliphatic rings. The smallest absolute Gasteiger partial charge is 0.223 e. The van der Waals surface area contributed by atoms with Crippen LogP contribution in [0.5, 0.6) is 0 Å². The summed E-state index contributed by atoms with van der Waals surface area (Å²) < 4.78 is 0.947. The topological polar surface area (TPSA) is 25.8 Å². The van der Waals surface area contributed by atoms with Gasteiger partial charge >= 0.3 is 0 Å². The monoisotopic (exact) mass is 306 g/mol. The molecule has 1 saturated carbocycles. The summed E-state index contributed by atoms with van der Waals surface area (Å²) in [5.41, 5.74) is 0. The van der Waals surface area contributed by atoms with Gasteiger partial charge in [-0.3, -0.25) is 0 Å². The molecule has 0 spiro atoms. The molecule has 0 saturated heterocycles. The number of rotatable bonds is 2. The van der Waals surface area contributed by atoms with Gasteiger partial charge in [-0.15, -0.1) is 11.8 Å². The number of aromatic nitrogens is 2. The number of halogens is 2. The molecule has 1 aromatic rings. The van der Waals surface area contributed by atoms with Crippen LogP contribution in [0.2, 0.25) is 5.28 Å². The molecule has 1 aromatic heterocycles. The molecule has 0 aliphatic heterocycles. The van der Waals surface area contributed by atoms with Gasteiger partial charge in [-0.25, -0.2) is 9.97 Å². The number of nitrogens with zero attached hydrogens (tertiary/aromatic N) is 2. The third-order valence-electron chi connectivity index (χ3n) is 2.51. The normalized spacial score (nSPS) is 18.0. The average Bonchev–Trinajstić information content (AvgIpc) is 2.25. The second-order valence-electron chi connectivity index (χ2n) is 3.67. The minimum Gasteiger partial charge on any atom is -0.225 e. The molecular weight excluding hydrogens is 296 g/mol. The lowest BCUT2D eigenvalue weighted by Crippen LogP contribution is -2.08. The third kappa shape index (κ3) is 3.33. The molecule has 1 aliphatic carbocycles. The number of hydrogen-bond donors (Lipinski definition) is 0. The van der Waals surface area contributed by atoms with Crippen molar-refractivity contribution in [3.63, 3.8) is 0 Å². The zero-order valence-corrected chi connectivity index (χ0v) is 11.4. The van der Waals surface area contributed by atoms with Crippen molar-refractivity contribution in [1.29, 1.82) is 0 Å². The highest BCUT2D eigenvalue weighted by Gasteiger charge is 2.17. The maximum atomic E-state index is 5.78. The van der Waals surface area contributed by atoms with E-state index in [2.05, 4.69) is 25.9 Å². The second kappa shape index (κ2) is 5.51. The second-order valence-corrected chi connectivity index (χ2v) is 6.15. The summed E-state index contributed by atoms with van der Waals surface area (Å²) in [6.07, 6.45) is 8.36. The quantitative estimate of drug-likeness (QED) is 0.601. The molecular formula is C10H12BrClN2S. The Hall–Kier alpha value is 0.200. The molecule has 1 heterocycles. The van der Waals surface area contributed by atoms with Crippen LogP contribution in [0.4, 0.5) is 0 Å². The first-order valence-electron chi connectivity index (χ1n) is 5.10. The van der Waals surface area contributed by atoms with E-state index in [9.17, 15) is 0 Å². The molecule has 0 aromatic carbocycles. The minimum absolute atomic E-state index is 0.330. The van der Waals surface area contributed by atoms with Gasteiger partial charge in [0.2, 0.25) is 5.28 Å². The Morgan fingerprint density at radius 3 is 2.80 bits per heavy atom. The Morgan fingerprint density at radius 2 is 2.07 bits per heavy atom. The Labute approximate surface area is 107 Å². The van der Waals surface area contributed by atoms with E-state index in [4.69, 9.17) is 11.6 Å². The third-order valence-corrected chi connectivity index (χ3v) is 4.88. The summed E-state index contributed by atoms with van der Waals surface area (Å²) in [7, 11) is 0. The molecule has 0 bridgehead atoms. The molecule has 0 amide bonds. The molecule has 15 heavy (non-hydrogen) atoms. The molecule has 0 radical (unpaired) electrons. The van der Waals surface area contributed by atoms with Crippen molar-refractivity contribution in [3.05, 3.63) is 16.0 Å². The number of thioether (sulfide) groups is 1. The van der Waals surface area contributed by atoms with Crippen molar-refractivity contribution in [2.24, 2.45) is 0 Å². The van der Waals surface area contributed by atoms with Crippen LogP contribution >= 0.6 is 39.3 Å². The summed E-state index contributed by atoms with van der Waals surface area (Å²) in [5, 5.41) is 2.00. The Kier molecular flexibility index (Phi) is 4.29. The Bertz CT molecular complexity index is 342. The van der Waals surface area contributed by atoms with E-state index in [0.29, 0.717) is 10.5 Å². The van der Waals surface area contributed by atoms with E-state index in [0.717, 1.165) is 9.50 Å². The largest absolute Gasteiger partial charge is 0.225 e. The summed E-state index contributed by atoms with van der Waals surface area (Å²) in [4.78, 5) is 8.16. The van der Waals surface area contributed by atoms with E-state index in [1.54, 1.807) is 6.20 Å². The van der Waals surface area contributed by atoms with Gasteiger partial charge in [0, 0.05) is 11.4 Å². The lowest BCUT2D eigenvalue weighted by molar-refractivity contribution is 0.515. The fraction of sp³-hybridized carbons (Fsp3) is 0.600. The highest BCUT2D eigenvalue weighted by molar-refractivity contribution is 9.10. The highest BCUT2D eigenvalue weighted by Crippen LogP contribution is 2.35. The van der Waals surface area contributed by atoms with E-state index in [1.807, 2.05) is 11.8 Å². The van der Waals surface area contributed by atoms with Crippen molar-refractivity contribution in [2.45, 2.75) is 42.4 Å². The predicted molar refractivity (Wildman–Crippen MR) is 67.5 cm³/mol. The molecule has 0 atom stereocenters. The fourth-order valence-corrected chi connectivity index (χ4v) is 3.60. The van der Waals surface area contributed by atoms with Crippen molar-refractivity contribution < 1.29 is 0 Å². The molecule has 5 heteroatoms. The molecule has 1 fully saturated rings. The van der Waals surface area contributed by atoms with Gasteiger partial charge in [0.1, 0.15) is 5.03 Å². The number of hydrogen-bond acceptors (Lipinski definition) is 3. The van der Waals surface area contributed by atoms with Gasteiger partial charge in [-0.2, -0.15) is 0 Å². The predicted octanol–water partition coefficient (Wildman–Crippen LogP) is 4.32. The van der Waals surface area contributed by atoms with Gasteiger partial charge < -0.3 is 0 Å². The summed E-state index contributed by atoms with van der Waals surface area (Å²) in [6.45, 7) is 0. The SMILES string of the molecule is Clc1ncc(Br)c(SC2CCCCC2)n1. The van der Waals surface area contributed by atoms with E-state index in [-0.39, 0.29) is 0 Å². The average molecular weight is 308 g/mol. The van der Waals surface area contributed by atoms with E-state index >= 15 is 0 Å². The first-order valence-corrected chi connectivity index (χ1v) is 7.15. The van der Waals surface area contributed by atoms with Crippen LogP contribution in [0.15, 0.2) is 15.7 Å². The molecule has 0 N–H and O–H groups in total. The van der Waals surface area contributed by atoms with E-state index < -0.39 is 0 Å². The summed E-state index contributed by atoms with van der Waals surface area (Å²) in [6, 6.07) is 0. The van der Waals surface area contributed by atoms with Crippen molar-refractivity contribution in [3.8, 4) is 0 Å². The Balaban J connectivity index is 2.05. The van der Waals surface area contributed by atoms with Gasteiger partial charge in [-0.1, -0.05) is 19.3 Å². The lowest BCUT2D eigenvalue weighted by Gasteiger charge is -2.20. The zero-order chi connectivity index (χ0) is 10.7.